The molecule has 5 heterocycles. The number of ether oxygens (including phenoxy) is 3. The molecule has 0 spiro atoms. The molecule has 1 saturated heterocycles. The van der Waals surface area contributed by atoms with Crippen LogP contribution in [0, 0.1) is 18.8 Å². The van der Waals surface area contributed by atoms with Crippen molar-refractivity contribution in [3.63, 3.8) is 0 Å². The van der Waals surface area contributed by atoms with Crippen LogP contribution >= 0.6 is 11.3 Å². The number of carbonyl (C=O) groups excluding carboxylic acids is 3. The number of aryl methyl sites for hydroxylation is 3. The molecule has 9 rings (SSSR count). The van der Waals surface area contributed by atoms with Gasteiger partial charge >= 0.3 is 5.69 Å². The van der Waals surface area contributed by atoms with Gasteiger partial charge in [0.05, 0.1) is 63.1 Å². The summed E-state index contributed by atoms with van der Waals surface area (Å²) in [6.07, 6.45) is 5.87. The number of fused-ring (bicyclic) bond motifs is 1. The lowest BCUT2D eigenvalue weighted by Crippen LogP contribution is -2.49. The molecule has 80 heavy (non-hydrogen) atoms. The summed E-state index contributed by atoms with van der Waals surface area (Å²) in [6, 6.07) is 25.8. The second-order valence-electron chi connectivity index (χ2n) is 20.7. The molecule has 418 valence electrons. The van der Waals surface area contributed by atoms with Gasteiger partial charge in [0.15, 0.2) is 5.75 Å². The number of anilines is 1. The molecule has 8 aromatic rings. The number of carbonyl (C=O) groups is 3. The Kier molecular flexibility index (Phi) is 16.9. The first kappa shape index (κ1) is 56.4. The second-order valence-corrected chi connectivity index (χ2v) is 23.2. The first-order chi connectivity index (χ1) is 38.3. The van der Waals surface area contributed by atoms with Gasteiger partial charge in [0.2, 0.25) is 17.7 Å². The topological polar surface area (TPSA) is 223 Å². The predicted molar refractivity (Wildman–Crippen MR) is 308 cm³/mol. The minimum Gasteiger partial charge on any atom is -0.493 e. The third-order valence-corrected chi connectivity index (χ3v) is 16.5. The number of nitrogens with zero attached hydrogens (tertiary/aromatic N) is 7. The Labute approximate surface area is 469 Å². The lowest BCUT2D eigenvalue weighted by molar-refractivity contribution is -0.142. The molecule has 3 amide bonds. The molecule has 1 fully saturated rings. The maximum Gasteiger partial charge on any atom is 0.328 e. The van der Waals surface area contributed by atoms with Crippen LogP contribution in [-0.2, 0) is 33.7 Å². The first-order valence-electron chi connectivity index (χ1n) is 26.6. The Hall–Kier alpha value is -8.30. The average Bonchev–Trinajstić information content (AvgIpc) is 4.31. The van der Waals surface area contributed by atoms with E-state index in [0.717, 1.165) is 33.7 Å². The Morgan fingerprint density at radius 3 is 2.33 bits per heavy atom. The van der Waals surface area contributed by atoms with Gasteiger partial charge in [0.25, 0.3) is 15.9 Å². The molecule has 4 aromatic heterocycles. The van der Waals surface area contributed by atoms with E-state index in [4.69, 9.17) is 14.2 Å². The van der Waals surface area contributed by atoms with Gasteiger partial charge in [-0.1, -0.05) is 64.1 Å². The molecule has 0 aliphatic carbocycles. The Bertz CT molecular complexity index is 3740. The zero-order valence-electron chi connectivity index (χ0n) is 46.2. The molecule has 0 bridgehead atoms. The number of aromatic nitrogens is 6. The van der Waals surface area contributed by atoms with Gasteiger partial charge < -0.3 is 29.7 Å². The summed E-state index contributed by atoms with van der Waals surface area (Å²) >= 11 is 1.59. The summed E-state index contributed by atoms with van der Waals surface area (Å²) in [6.45, 7) is 14.7. The predicted octanol–water partition coefficient (Wildman–Crippen LogP) is 9.46. The van der Waals surface area contributed by atoms with Crippen LogP contribution < -0.4 is 35.3 Å². The molecule has 0 saturated carbocycles. The summed E-state index contributed by atoms with van der Waals surface area (Å²) in [7, 11) is -1.12. The van der Waals surface area contributed by atoms with Gasteiger partial charge in [0.1, 0.15) is 29.7 Å². The maximum atomic E-state index is 14.6. The van der Waals surface area contributed by atoms with E-state index in [1.165, 1.54) is 39.5 Å². The van der Waals surface area contributed by atoms with E-state index in [-0.39, 0.29) is 69.7 Å². The summed E-state index contributed by atoms with van der Waals surface area (Å²) in [5.74, 6) is 0.430. The van der Waals surface area contributed by atoms with Crippen LogP contribution in [0.5, 0.6) is 23.1 Å². The van der Waals surface area contributed by atoms with E-state index in [2.05, 4.69) is 37.3 Å². The normalized spacial score (nSPS) is 15.6. The number of imidazole rings is 1. The van der Waals surface area contributed by atoms with E-state index in [0.29, 0.717) is 47.7 Å². The van der Waals surface area contributed by atoms with Crippen LogP contribution in [0.15, 0.2) is 131 Å². The number of nitrogens with one attached hydrogen (secondary N) is 3. The van der Waals surface area contributed by atoms with Crippen molar-refractivity contribution in [3.05, 3.63) is 148 Å². The van der Waals surface area contributed by atoms with Crippen molar-refractivity contribution in [2.45, 2.75) is 90.4 Å². The molecule has 1 aliphatic heterocycles. The summed E-state index contributed by atoms with van der Waals surface area (Å²) in [4.78, 5) is 66.4. The van der Waals surface area contributed by atoms with Crippen LogP contribution in [0.1, 0.15) is 88.1 Å². The molecule has 1 aliphatic rings. The van der Waals surface area contributed by atoms with E-state index in [1.54, 1.807) is 96.8 Å². The van der Waals surface area contributed by atoms with Crippen molar-refractivity contribution in [3.8, 4) is 44.7 Å². The molecule has 0 radical (unpaired) electrons. The number of pyridine rings is 1. The maximum absolute atomic E-state index is 14.6. The molecule has 0 unspecified atom stereocenters. The summed E-state index contributed by atoms with van der Waals surface area (Å²) in [5.41, 5.74) is 7.12. The zero-order chi connectivity index (χ0) is 57.0. The molecular formula is C59H66N10O9S2. The van der Waals surface area contributed by atoms with Crippen molar-refractivity contribution in [2.75, 3.05) is 24.4 Å². The van der Waals surface area contributed by atoms with Crippen LogP contribution in [0.25, 0.3) is 32.6 Å². The van der Waals surface area contributed by atoms with Gasteiger partial charge in [0, 0.05) is 62.4 Å². The fourth-order valence-electron chi connectivity index (χ4n) is 9.86. The monoisotopic (exact) mass is 1120 g/mol. The number of hydrogen-bond acceptors (Lipinski definition) is 13. The number of rotatable bonds is 21. The van der Waals surface area contributed by atoms with E-state index < -0.39 is 34.1 Å². The SMILES string of the molecule is CCCOc1cccc(Oc2cc3c(cc2NS(=O)(=O)c2cccc(C(=O)NC[C@@H](C)Oc4cc(-c5cnn([C@H](C(=O)N6C[C@H](C)C[C@H]6C(=O)N[C@@H](C)c6ccc(-c7scnc7C)cc6)C(C)C)c5)ccn4)c2)n(C)c(=O)n3C)c1. The van der Waals surface area contributed by atoms with Crippen LogP contribution in [0.4, 0.5) is 5.69 Å². The average molecular weight is 1120 g/mol. The van der Waals surface area contributed by atoms with Gasteiger partial charge in [-0.3, -0.25) is 32.9 Å². The number of amides is 3. The summed E-state index contributed by atoms with van der Waals surface area (Å²) in [5, 5.41) is 10.7. The largest absolute Gasteiger partial charge is 0.493 e. The highest BCUT2D eigenvalue weighted by Crippen LogP contribution is 2.37. The molecule has 3 N–H and O–H groups in total. The third kappa shape index (κ3) is 12.4. The molecule has 4 aromatic carbocycles. The van der Waals surface area contributed by atoms with Crippen molar-refractivity contribution in [1.82, 2.24) is 44.4 Å². The molecule has 5 atom stereocenters. The molecule has 19 nitrogen and oxygen atoms in total. The van der Waals surface area contributed by atoms with Crippen molar-refractivity contribution in [1.29, 1.82) is 0 Å². The Morgan fingerprint density at radius 1 is 0.863 bits per heavy atom. The Balaban J connectivity index is 0.825. The first-order valence-corrected chi connectivity index (χ1v) is 28.9. The van der Waals surface area contributed by atoms with Crippen LogP contribution in [0.2, 0.25) is 0 Å². The fraction of sp³-hybridized carbons (Fsp3) is 0.339. The quantitative estimate of drug-likeness (QED) is 0.0612. The van der Waals surface area contributed by atoms with Gasteiger partial charge in [-0.2, -0.15) is 5.10 Å². The molecule has 21 heteroatoms. The fourth-order valence-corrected chi connectivity index (χ4v) is 11.8. The van der Waals surface area contributed by atoms with E-state index >= 15 is 0 Å². The van der Waals surface area contributed by atoms with E-state index in [9.17, 15) is 27.6 Å². The van der Waals surface area contributed by atoms with Crippen molar-refractivity contribution in [2.24, 2.45) is 25.9 Å². The number of thiazole rings is 1. The second kappa shape index (κ2) is 24.0. The number of hydrogen-bond donors (Lipinski definition) is 3. The number of sulfonamides is 1. The van der Waals surface area contributed by atoms with Crippen molar-refractivity contribution >= 4 is 55.8 Å². The minimum atomic E-state index is -4.33. The van der Waals surface area contributed by atoms with Gasteiger partial charge in [-0.15, -0.1) is 11.3 Å². The highest BCUT2D eigenvalue weighted by Gasteiger charge is 2.42. The minimum absolute atomic E-state index is 0.0469. The van der Waals surface area contributed by atoms with Gasteiger partial charge in [-0.05, 0) is 105 Å². The highest BCUT2D eigenvalue weighted by molar-refractivity contribution is 7.92. The van der Waals surface area contributed by atoms with Crippen LogP contribution in [0.3, 0.4) is 0 Å². The summed E-state index contributed by atoms with van der Waals surface area (Å²) < 4.78 is 53.5. The lowest BCUT2D eigenvalue weighted by Gasteiger charge is -2.31. The Morgan fingerprint density at radius 2 is 1.60 bits per heavy atom. The zero-order valence-corrected chi connectivity index (χ0v) is 47.8. The van der Waals surface area contributed by atoms with E-state index in [1.807, 2.05) is 70.6 Å². The third-order valence-electron chi connectivity index (χ3n) is 14.1. The number of likely N-dealkylation sites (tertiary alicyclic amines) is 1. The molecular weight excluding hydrogens is 1060 g/mol. The number of benzene rings is 4. The standard InChI is InChI=1S/C59H66N10O9S2/c1-10-23-76-45-14-12-15-46(27-45)78-52-29-50-49(66(8)59(73)67(50)9)28-48(52)65-80(74,75)47-16-11-13-43(25-47)56(70)61-30-37(5)77-53-26-42(21-22-60-53)44-31-63-69(33-44)54(35(2)3)58(72)68-32-36(4)24-51(68)57(71)64-38(6)40-17-19-41(20-18-40)55-39(7)62-34-79-55/h11-22,25-29,31,33-38,51,54,65H,10,23-24,30,32H2,1-9H3,(H,61,70)(H,64,71)/t36-,37-,38+,51+,54+/m1/s1. The lowest BCUT2D eigenvalue weighted by atomic mass is 10.0. The smallest absolute Gasteiger partial charge is 0.328 e. The van der Waals surface area contributed by atoms with Crippen molar-refractivity contribution < 1.29 is 37.0 Å². The highest BCUT2D eigenvalue weighted by atomic mass is 32.2. The van der Waals surface area contributed by atoms with Crippen LogP contribution in [-0.4, -0.2) is 91.8 Å². The van der Waals surface area contributed by atoms with Gasteiger partial charge in [-0.25, -0.2) is 23.2 Å².